The average Bonchev–Trinajstić information content (AvgIpc) is 2.93. The predicted octanol–water partition coefficient (Wildman–Crippen LogP) is 4.70. The van der Waals surface area contributed by atoms with Gasteiger partial charge in [0.25, 0.3) is 0 Å². The first kappa shape index (κ1) is 10.8. The highest BCUT2D eigenvalue weighted by Crippen LogP contribution is 2.34. The van der Waals surface area contributed by atoms with Crippen LogP contribution in [0, 0.1) is 5.92 Å². The summed E-state index contributed by atoms with van der Waals surface area (Å²) >= 11 is 0. The van der Waals surface area contributed by atoms with E-state index in [1.807, 2.05) is 6.08 Å². The summed E-state index contributed by atoms with van der Waals surface area (Å²) in [7, 11) is 0. The van der Waals surface area contributed by atoms with E-state index in [1.165, 1.54) is 64.2 Å². The van der Waals surface area contributed by atoms with Gasteiger partial charge in [-0.05, 0) is 18.8 Å². The summed E-state index contributed by atoms with van der Waals surface area (Å²) in [5.74, 6) is 1.14. The molecule has 13 heavy (non-hydrogen) atoms. The van der Waals surface area contributed by atoms with Gasteiger partial charge in [0.1, 0.15) is 0 Å². The van der Waals surface area contributed by atoms with Crippen molar-refractivity contribution in [2.24, 2.45) is 5.92 Å². The molecule has 76 valence electrons. The van der Waals surface area contributed by atoms with Crippen LogP contribution in [0.1, 0.15) is 64.2 Å². The average molecular weight is 180 g/mol. The highest BCUT2D eigenvalue weighted by atomic mass is 14.2. The maximum atomic E-state index is 3.73. The zero-order chi connectivity index (χ0) is 9.36. The fourth-order valence-electron chi connectivity index (χ4n) is 1.84. The molecule has 0 nitrogen and oxygen atoms in total. The van der Waals surface area contributed by atoms with Crippen molar-refractivity contribution in [3.8, 4) is 0 Å². The summed E-state index contributed by atoms with van der Waals surface area (Å²) in [6.07, 6.45) is 16.5. The van der Waals surface area contributed by atoms with Gasteiger partial charge in [-0.3, -0.25) is 0 Å². The van der Waals surface area contributed by atoms with Gasteiger partial charge in [0.15, 0.2) is 0 Å². The lowest BCUT2D eigenvalue weighted by Crippen LogP contribution is -1.81. The minimum Gasteiger partial charge on any atom is -0.103 e. The third-order valence-electron chi connectivity index (χ3n) is 2.97. The first-order chi connectivity index (χ1) is 6.43. The summed E-state index contributed by atoms with van der Waals surface area (Å²) in [6.45, 7) is 3.73. The van der Waals surface area contributed by atoms with E-state index in [9.17, 15) is 0 Å². The Kier molecular flexibility index (Phi) is 5.97. The molecule has 0 bridgehead atoms. The first-order valence-corrected chi connectivity index (χ1v) is 6.04. The van der Waals surface area contributed by atoms with Crippen molar-refractivity contribution in [1.29, 1.82) is 0 Å². The van der Waals surface area contributed by atoms with Crippen LogP contribution in [0.15, 0.2) is 12.7 Å². The van der Waals surface area contributed by atoms with Crippen LogP contribution in [0.4, 0.5) is 0 Å². The van der Waals surface area contributed by atoms with Gasteiger partial charge in [0.2, 0.25) is 0 Å². The molecule has 0 atom stereocenters. The summed E-state index contributed by atoms with van der Waals surface area (Å²) in [4.78, 5) is 0. The lowest BCUT2D eigenvalue weighted by atomic mass is 10.1. The number of rotatable bonds is 9. The van der Waals surface area contributed by atoms with E-state index in [-0.39, 0.29) is 0 Å². The Morgan fingerprint density at radius 2 is 1.54 bits per heavy atom. The SMILES string of the molecule is C=CCCCCCCCCC1CC1. The molecule has 1 fully saturated rings. The molecule has 0 heterocycles. The van der Waals surface area contributed by atoms with Crippen LogP contribution in [0.2, 0.25) is 0 Å². The number of hydrogen-bond acceptors (Lipinski definition) is 0. The second-order valence-corrected chi connectivity index (χ2v) is 4.43. The molecule has 0 N–H and O–H groups in total. The number of allylic oxidation sites excluding steroid dienone is 1. The Hall–Kier alpha value is -0.260. The van der Waals surface area contributed by atoms with E-state index >= 15 is 0 Å². The van der Waals surface area contributed by atoms with Gasteiger partial charge < -0.3 is 0 Å². The van der Waals surface area contributed by atoms with Crippen LogP contribution in [0.25, 0.3) is 0 Å². The summed E-state index contributed by atoms with van der Waals surface area (Å²) in [6, 6.07) is 0. The molecule has 0 aromatic rings. The van der Waals surface area contributed by atoms with Crippen LogP contribution >= 0.6 is 0 Å². The Labute approximate surface area is 83.4 Å². The largest absolute Gasteiger partial charge is 0.103 e. The normalized spacial score (nSPS) is 16.0. The molecule has 1 saturated carbocycles. The second kappa shape index (κ2) is 7.17. The Balaban J connectivity index is 1.65. The van der Waals surface area contributed by atoms with E-state index in [1.54, 1.807) is 0 Å². The minimum absolute atomic E-state index is 1.14. The van der Waals surface area contributed by atoms with Crippen molar-refractivity contribution in [2.75, 3.05) is 0 Å². The first-order valence-electron chi connectivity index (χ1n) is 6.04. The molecule has 0 heteroatoms. The van der Waals surface area contributed by atoms with Gasteiger partial charge in [-0.15, -0.1) is 6.58 Å². The van der Waals surface area contributed by atoms with Gasteiger partial charge >= 0.3 is 0 Å². The standard InChI is InChI=1S/C13H24/c1-2-3-4-5-6-7-8-9-10-13-11-12-13/h2,13H,1,3-12H2. The molecule has 0 spiro atoms. The third kappa shape index (κ3) is 6.86. The van der Waals surface area contributed by atoms with Crippen molar-refractivity contribution in [3.63, 3.8) is 0 Å². The number of unbranched alkanes of at least 4 members (excludes halogenated alkanes) is 6. The zero-order valence-electron chi connectivity index (χ0n) is 8.93. The maximum Gasteiger partial charge on any atom is -0.0353 e. The van der Waals surface area contributed by atoms with E-state index in [0.717, 1.165) is 5.92 Å². The van der Waals surface area contributed by atoms with Crippen molar-refractivity contribution >= 4 is 0 Å². The van der Waals surface area contributed by atoms with E-state index < -0.39 is 0 Å². The lowest BCUT2D eigenvalue weighted by molar-refractivity contribution is 0.562. The van der Waals surface area contributed by atoms with Crippen molar-refractivity contribution in [2.45, 2.75) is 64.2 Å². The Morgan fingerprint density at radius 3 is 2.15 bits per heavy atom. The smallest absolute Gasteiger partial charge is 0.0353 e. The van der Waals surface area contributed by atoms with Crippen LogP contribution in [0.5, 0.6) is 0 Å². The van der Waals surface area contributed by atoms with Crippen LogP contribution in [-0.4, -0.2) is 0 Å². The second-order valence-electron chi connectivity index (χ2n) is 4.43. The molecule has 0 aromatic carbocycles. The van der Waals surface area contributed by atoms with Gasteiger partial charge in [-0.2, -0.15) is 0 Å². The van der Waals surface area contributed by atoms with Gasteiger partial charge in [0.05, 0.1) is 0 Å². The molecule has 0 aromatic heterocycles. The number of hydrogen-bond donors (Lipinski definition) is 0. The Morgan fingerprint density at radius 1 is 0.923 bits per heavy atom. The molecule has 0 aliphatic heterocycles. The topological polar surface area (TPSA) is 0 Å². The van der Waals surface area contributed by atoms with E-state index in [4.69, 9.17) is 0 Å². The molecular weight excluding hydrogens is 156 g/mol. The molecule has 0 unspecified atom stereocenters. The molecular formula is C13H24. The van der Waals surface area contributed by atoms with Crippen LogP contribution in [-0.2, 0) is 0 Å². The van der Waals surface area contributed by atoms with Gasteiger partial charge in [0, 0.05) is 0 Å². The highest BCUT2D eigenvalue weighted by molar-refractivity contribution is 4.72. The fraction of sp³-hybridized carbons (Fsp3) is 0.846. The summed E-state index contributed by atoms with van der Waals surface area (Å²) < 4.78 is 0. The molecule has 1 rings (SSSR count). The molecule has 1 aliphatic rings. The van der Waals surface area contributed by atoms with Crippen molar-refractivity contribution < 1.29 is 0 Å². The predicted molar refractivity (Wildman–Crippen MR) is 59.9 cm³/mol. The monoisotopic (exact) mass is 180 g/mol. The van der Waals surface area contributed by atoms with Gasteiger partial charge in [-0.1, -0.05) is 57.4 Å². The molecule has 0 radical (unpaired) electrons. The quantitative estimate of drug-likeness (QED) is 0.356. The molecule has 1 aliphatic carbocycles. The van der Waals surface area contributed by atoms with Crippen molar-refractivity contribution in [1.82, 2.24) is 0 Å². The van der Waals surface area contributed by atoms with Crippen LogP contribution < -0.4 is 0 Å². The maximum absolute atomic E-state index is 3.73. The van der Waals surface area contributed by atoms with E-state index in [0.29, 0.717) is 0 Å². The summed E-state index contributed by atoms with van der Waals surface area (Å²) in [5.41, 5.74) is 0. The minimum atomic E-state index is 1.14. The fourth-order valence-corrected chi connectivity index (χ4v) is 1.84. The van der Waals surface area contributed by atoms with Gasteiger partial charge in [-0.25, -0.2) is 0 Å². The summed E-state index contributed by atoms with van der Waals surface area (Å²) in [5, 5.41) is 0. The Bertz CT molecular complexity index is 122. The lowest BCUT2D eigenvalue weighted by Gasteiger charge is -1.99. The molecule has 0 saturated heterocycles. The zero-order valence-corrected chi connectivity index (χ0v) is 8.93. The molecule has 0 amide bonds. The van der Waals surface area contributed by atoms with Crippen molar-refractivity contribution in [3.05, 3.63) is 12.7 Å². The van der Waals surface area contributed by atoms with Crippen LogP contribution in [0.3, 0.4) is 0 Å². The highest BCUT2D eigenvalue weighted by Gasteiger charge is 2.19. The van der Waals surface area contributed by atoms with E-state index in [2.05, 4.69) is 6.58 Å². The third-order valence-corrected chi connectivity index (χ3v) is 2.97.